The predicted octanol–water partition coefficient (Wildman–Crippen LogP) is 3.14. The maximum absolute atomic E-state index is 14.6. The summed E-state index contributed by atoms with van der Waals surface area (Å²) >= 11 is 0. The molecule has 0 bridgehead atoms. The molecule has 0 aromatic heterocycles. The highest BCUT2D eigenvalue weighted by Crippen LogP contribution is 2.49. The second-order valence-electron chi connectivity index (χ2n) is 24.7. The Labute approximate surface area is 548 Å². The number of ketones is 1. The second-order valence-corrected chi connectivity index (χ2v) is 28.0. The van der Waals surface area contributed by atoms with E-state index in [4.69, 9.17) is 9.73 Å². The number of nitrogens with zero attached hydrogens (tertiary/aromatic N) is 4. The van der Waals surface area contributed by atoms with Crippen LogP contribution in [0.15, 0.2) is 100 Å². The third-order valence-electron chi connectivity index (χ3n) is 16.9. The van der Waals surface area contributed by atoms with E-state index in [2.05, 4.69) is 56.7 Å². The highest BCUT2D eigenvalue weighted by Gasteiger charge is 2.46. The molecule has 1 aliphatic carbocycles. The molecule has 3 unspecified atom stereocenters. The van der Waals surface area contributed by atoms with Crippen LogP contribution in [0.4, 0.5) is 5.69 Å². The number of aliphatic imine (C=N–C) groups is 1. The number of hydrogen-bond donors (Lipinski definition) is 9. The lowest BCUT2D eigenvalue weighted by atomic mass is 9.74. The Hall–Kier alpha value is -8.01. The molecule has 29 heteroatoms. The summed E-state index contributed by atoms with van der Waals surface area (Å²) < 4.78 is 50.5. The van der Waals surface area contributed by atoms with E-state index >= 15 is 0 Å². The van der Waals surface area contributed by atoms with Crippen LogP contribution in [0.3, 0.4) is 0 Å². The van der Waals surface area contributed by atoms with Gasteiger partial charge in [-0.2, -0.15) is 8.42 Å². The van der Waals surface area contributed by atoms with Gasteiger partial charge in [-0.25, -0.2) is 0 Å². The summed E-state index contributed by atoms with van der Waals surface area (Å²) in [5, 5.41) is 15.0. The van der Waals surface area contributed by atoms with Crippen molar-refractivity contribution in [1.29, 1.82) is 0 Å². The van der Waals surface area contributed by atoms with Crippen LogP contribution in [0, 0.1) is 6.92 Å². The van der Waals surface area contributed by atoms with E-state index in [0.717, 1.165) is 33.0 Å². The van der Waals surface area contributed by atoms with Crippen molar-refractivity contribution in [2.75, 3.05) is 76.8 Å². The lowest BCUT2D eigenvalue weighted by Gasteiger charge is -2.37. The summed E-state index contributed by atoms with van der Waals surface area (Å²) in [6.07, 6.45) is 6.58. The van der Waals surface area contributed by atoms with Gasteiger partial charge in [-0.3, -0.25) is 72.3 Å². The predicted molar refractivity (Wildman–Crippen MR) is 350 cm³/mol. The molecule has 4 aliphatic rings. The van der Waals surface area contributed by atoms with E-state index in [1.54, 1.807) is 7.05 Å². The van der Waals surface area contributed by atoms with Crippen molar-refractivity contribution in [3.8, 4) is 0 Å². The Morgan fingerprint density at radius 3 is 1.97 bits per heavy atom. The number of carbonyl (C=O) groups is 10. The lowest BCUT2D eigenvalue weighted by molar-refractivity contribution is -0.138. The number of aryl methyl sites for hydroxylation is 1. The molecule has 1 saturated heterocycles. The van der Waals surface area contributed by atoms with E-state index in [1.165, 1.54) is 12.2 Å². The fourth-order valence-corrected chi connectivity index (χ4v) is 13.1. The Balaban J connectivity index is 0.943. The number of hydrogen-bond acceptors (Lipinski definition) is 17. The van der Waals surface area contributed by atoms with Crippen molar-refractivity contribution < 1.29 is 80.0 Å². The van der Waals surface area contributed by atoms with Crippen LogP contribution in [0.5, 0.6) is 0 Å². The first-order valence-electron chi connectivity index (χ1n) is 31.6. The molecule has 512 valence electrons. The van der Waals surface area contributed by atoms with Crippen LogP contribution in [0.2, 0.25) is 0 Å². The van der Waals surface area contributed by atoms with Crippen LogP contribution < -0.4 is 36.8 Å². The molecule has 9 amide bonds. The summed E-state index contributed by atoms with van der Waals surface area (Å²) in [4.78, 5) is 158. The Bertz CT molecular complexity index is 3520. The monoisotopic (exact) mass is 1340 g/mol. The number of imide groups is 2. The molecule has 0 saturated carbocycles. The van der Waals surface area contributed by atoms with Gasteiger partial charge in [-0.1, -0.05) is 70.2 Å². The minimum atomic E-state index is -4.80. The molecule has 0 radical (unpaired) electrons. The number of allylic oxidation sites excluding steroid dienone is 5. The van der Waals surface area contributed by atoms with Crippen LogP contribution in [-0.2, 0) is 78.2 Å². The number of Topliss-reactive ketones (excluding diaryl/α,β-unsaturated/α-hetero) is 1. The van der Waals surface area contributed by atoms with Crippen LogP contribution in [-0.4, -0.2) is 187 Å². The van der Waals surface area contributed by atoms with Crippen LogP contribution in [0.1, 0.15) is 128 Å². The molecular weight excluding hydrogens is 1260 g/mol. The molecule has 0 spiro atoms. The van der Waals surface area contributed by atoms with E-state index in [1.807, 2.05) is 87.3 Å². The number of ether oxygens (including phenoxy) is 1. The summed E-state index contributed by atoms with van der Waals surface area (Å²) in [6.45, 7) is 11.2. The third-order valence-corrected chi connectivity index (χ3v) is 18.5. The minimum Gasteiger partial charge on any atom is -0.378 e. The van der Waals surface area contributed by atoms with Crippen molar-refractivity contribution >= 4 is 88.1 Å². The highest BCUT2D eigenvalue weighted by molar-refractivity contribution is 7.85. The highest BCUT2D eigenvalue weighted by atomic mass is 32.2. The van der Waals surface area contributed by atoms with Crippen LogP contribution >= 0.6 is 7.60 Å². The quantitative estimate of drug-likeness (QED) is 0.0118. The van der Waals surface area contributed by atoms with E-state index in [-0.39, 0.29) is 102 Å². The number of amides is 9. The molecule has 9 N–H and O–H groups in total. The Morgan fingerprint density at radius 2 is 1.36 bits per heavy atom. The number of benzene rings is 2. The Morgan fingerprint density at radius 1 is 0.787 bits per heavy atom. The third kappa shape index (κ3) is 21.0. The van der Waals surface area contributed by atoms with Crippen molar-refractivity contribution in [2.45, 2.75) is 147 Å². The van der Waals surface area contributed by atoms with Gasteiger partial charge in [-0.05, 0) is 99.6 Å². The summed E-state index contributed by atoms with van der Waals surface area (Å²) in [5.74, 6) is -6.77. The number of nitrogens with one attached hydrogen (secondary N) is 6. The lowest BCUT2D eigenvalue weighted by Crippen LogP contribution is -2.50. The van der Waals surface area contributed by atoms with Gasteiger partial charge in [0.1, 0.15) is 23.9 Å². The number of rotatable bonds is 36. The van der Waals surface area contributed by atoms with Crippen molar-refractivity contribution in [3.05, 3.63) is 112 Å². The smallest absolute Gasteiger partial charge is 0.325 e. The largest absolute Gasteiger partial charge is 0.378 e. The molecule has 27 nitrogen and oxygen atoms in total. The standard InChI is InChI=1S/C65H89N10O17PS/c1-42-19-8-9-20-45(42)64(2,3)51(66-6)39-43-59(44(60(43)82)40-52-65(4,5)46-21-10-11-22-49(46)73(52)7)74-34-18-23-50(74)63(85)72-56(79)26-13-12-25-55(78)71-48(41-94(89,90)91)62(84)69-32-17-15-27-54(77)70-47(30-38-93(86,87)88)61(83)68-31-16-14-24-53(76)67-33-36-92-37-35-75-57(80)28-29-58(75)81/h8-11,19-22,28-29,39-40,47-48,50H,12-18,23-27,30-38,41H2,1-7H3,(H,67,76)(H,68,83)(H,69,84)(H,70,77)(H,71,78)(H,72,79,85)(H2,86,87,88)(H,89,90,91)/b43-39-,52-40+,66-51+. The average Bonchev–Trinajstić information content (AvgIpc) is 1.41. The maximum Gasteiger partial charge on any atom is 0.325 e. The number of carbonyl (C=O) groups excluding carboxylic acids is 10. The van der Waals surface area contributed by atoms with Crippen molar-refractivity contribution in [2.24, 2.45) is 4.99 Å². The zero-order chi connectivity index (χ0) is 69.1. The molecule has 2 aromatic carbocycles. The molecule has 6 rings (SSSR count). The topological polar surface area (TPSA) is 386 Å². The number of likely N-dealkylation sites (N-methyl/N-ethyl adjacent to an activating group) is 1. The van der Waals surface area contributed by atoms with E-state index in [9.17, 15) is 75.3 Å². The van der Waals surface area contributed by atoms with Gasteiger partial charge < -0.3 is 50.9 Å². The van der Waals surface area contributed by atoms with Gasteiger partial charge >= 0.3 is 7.60 Å². The minimum absolute atomic E-state index is 0.0775. The summed E-state index contributed by atoms with van der Waals surface area (Å²) in [6, 6.07) is 12.2. The zero-order valence-electron chi connectivity index (χ0n) is 54.4. The summed E-state index contributed by atoms with van der Waals surface area (Å²) in [7, 11) is -5.73. The van der Waals surface area contributed by atoms with Gasteiger partial charge in [-0.15, -0.1) is 0 Å². The van der Waals surface area contributed by atoms with Gasteiger partial charge in [0.05, 0.1) is 31.6 Å². The van der Waals surface area contributed by atoms with Gasteiger partial charge in [0.15, 0.2) is 5.78 Å². The molecule has 3 heterocycles. The average molecular weight is 1350 g/mol. The molecule has 94 heavy (non-hydrogen) atoms. The van der Waals surface area contributed by atoms with Crippen LogP contribution in [0.25, 0.3) is 0 Å². The molecule has 2 aromatic rings. The Kier molecular flexibility index (Phi) is 27.1. The number of unbranched alkanes of at least 4 members (excludes halogenated alkanes) is 3. The zero-order valence-corrected chi connectivity index (χ0v) is 56.1. The first kappa shape index (κ1) is 75.0. The normalized spacial score (nSPS) is 17.9. The van der Waals surface area contributed by atoms with E-state index < -0.39 is 112 Å². The van der Waals surface area contributed by atoms with Crippen molar-refractivity contribution in [3.63, 3.8) is 0 Å². The molecule has 3 aliphatic heterocycles. The SMILES string of the molecule is C/N=C(\C=C1/C(=O)C(/C=C2/N(C)c3ccccc3C2(C)C)=C1N1CCCC1C(=O)NC(=O)CCCCC(=O)NC(CS(=O)(=O)O)C(=O)NCCCCC(=O)NC(CCP(=O)(O)O)C(=O)NCCCCC(=O)NCCOCCN1C(=O)C=CC1=O)C(C)(C)c1ccccc1C. The maximum atomic E-state index is 14.6. The number of likely N-dealkylation sites (tertiary alicyclic amines) is 1. The number of anilines is 1. The number of fused-ring (bicyclic) bond motifs is 1. The first-order valence-corrected chi connectivity index (χ1v) is 35.0. The van der Waals surface area contributed by atoms with E-state index in [0.29, 0.717) is 54.8 Å². The summed E-state index contributed by atoms with van der Waals surface area (Å²) in [5.41, 5.74) is 6.12. The molecular formula is C65H89N10O17PS. The fraction of sp³-hybridized carbons (Fsp3) is 0.523. The second kappa shape index (κ2) is 33.9. The van der Waals surface area contributed by atoms with Gasteiger partial charge in [0.2, 0.25) is 41.4 Å². The molecule has 3 atom stereocenters. The first-order chi connectivity index (χ1) is 44.3. The molecule has 1 fully saturated rings. The van der Waals surface area contributed by atoms with Gasteiger partial charge in [0, 0.05) is 117 Å². The number of para-hydroxylation sites is 1. The van der Waals surface area contributed by atoms with Crippen molar-refractivity contribution in [1.82, 2.24) is 41.7 Å². The fourth-order valence-electron chi connectivity index (χ4n) is 11.9. The van der Waals surface area contributed by atoms with Gasteiger partial charge in [0.25, 0.3) is 21.9 Å².